The number of rotatable bonds is 4. The zero-order chi connectivity index (χ0) is 11.4. The monoisotopic (exact) mass is 210 g/mol. The van der Waals surface area contributed by atoms with Gasteiger partial charge in [-0.25, -0.2) is 0 Å². The molecule has 0 fully saturated rings. The lowest BCUT2D eigenvalue weighted by Gasteiger charge is -2.15. The third-order valence-corrected chi connectivity index (χ3v) is 2.44. The maximum Gasteiger partial charge on any atom is 0.287 e. The Morgan fingerprint density at radius 3 is 2.67 bits per heavy atom. The molecule has 5 nitrogen and oxygen atoms in total. The second kappa shape index (κ2) is 4.84. The fourth-order valence-corrected chi connectivity index (χ4v) is 1.33. The van der Waals surface area contributed by atoms with Gasteiger partial charge in [-0.1, -0.05) is 13.8 Å². The van der Waals surface area contributed by atoms with Gasteiger partial charge in [0.05, 0.1) is 11.0 Å². The van der Waals surface area contributed by atoms with Crippen LogP contribution >= 0.6 is 0 Å². The molecule has 2 unspecified atom stereocenters. The van der Waals surface area contributed by atoms with Crippen molar-refractivity contribution in [3.05, 3.63) is 34.1 Å². The van der Waals surface area contributed by atoms with Crippen LogP contribution in [0.15, 0.2) is 18.3 Å². The molecule has 0 amide bonds. The maximum absolute atomic E-state index is 10.4. The van der Waals surface area contributed by atoms with Crippen molar-refractivity contribution in [2.45, 2.75) is 32.3 Å². The zero-order valence-electron chi connectivity index (χ0n) is 8.75. The molecule has 0 aliphatic carbocycles. The van der Waals surface area contributed by atoms with E-state index in [4.69, 9.17) is 0 Å². The Balaban J connectivity index is 2.84. The van der Waals surface area contributed by atoms with Crippen LogP contribution in [0.3, 0.4) is 0 Å². The van der Waals surface area contributed by atoms with Crippen molar-refractivity contribution in [3.8, 4) is 0 Å². The van der Waals surface area contributed by atoms with E-state index in [1.165, 1.54) is 12.3 Å². The normalized spacial score (nSPS) is 14.6. The van der Waals surface area contributed by atoms with Crippen molar-refractivity contribution in [2.24, 2.45) is 0 Å². The molecule has 1 aromatic heterocycles. The van der Waals surface area contributed by atoms with Crippen LogP contribution in [0.25, 0.3) is 0 Å². The molecule has 0 aromatic carbocycles. The van der Waals surface area contributed by atoms with E-state index < -0.39 is 11.0 Å². The standard InChI is InChI=1S/C10H14N2O3/c1-3-10(13)7(2)9-5-4-8(6-11-9)12(14)15/h4-7,10,13H,3H2,1-2H3. The van der Waals surface area contributed by atoms with Gasteiger partial charge in [-0.05, 0) is 12.5 Å². The van der Waals surface area contributed by atoms with E-state index in [0.717, 1.165) is 0 Å². The van der Waals surface area contributed by atoms with Gasteiger partial charge in [-0.3, -0.25) is 15.1 Å². The van der Waals surface area contributed by atoms with Gasteiger partial charge in [-0.2, -0.15) is 0 Å². The van der Waals surface area contributed by atoms with Gasteiger partial charge in [0.1, 0.15) is 6.20 Å². The molecule has 2 atom stereocenters. The molecule has 1 N–H and O–H groups in total. The molecule has 0 bridgehead atoms. The first-order valence-electron chi connectivity index (χ1n) is 4.84. The fourth-order valence-electron chi connectivity index (χ4n) is 1.33. The SMILES string of the molecule is CCC(O)C(C)c1ccc([N+](=O)[O-])cn1. The van der Waals surface area contributed by atoms with Crippen molar-refractivity contribution in [1.82, 2.24) is 4.98 Å². The topological polar surface area (TPSA) is 76.3 Å². The highest BCUT2D eigenvalue weighted by molar-refractivity contribution is 5.28. The van der Waals surface area contributed by atoms with E-state index in [2.05, 4.69) is 4.98 Å². The summed E-state index contributed by atoms with van der Waals surface area (Å²) in [5.41, 5.74) is 0.645. The summed E-state index contributed by atoms with van der Waals surface area (Å²) in [7, 11) is 0. The summed E-state index contributed by atoms with van der Waals surface area (Å²) in [6, 6.07) is 2.99. The first-order chi connectivity index (χ1) is 7.06. The molecule has 82 valence electrons. The molecule has 0 radical (unpaired) electrons. The Morgan fingerprint density at radius 1 is 1.60 bits per heavy atom. The molecular formula is C10H14N2O3. The van der Waals surface area contributed by atoms with Crippen molar-refractivity contribution in [1.29, 1.82) is 0 Å². The number of aliphatic hydroxyl groups excluding tert-OH is 1. The van der Waals surface area contributed by atoms with Gasteiger partial charge in [0.25, 0.3) is 5.69 Å². The van der Waals surface area contributed by atoms with Crippen LogP contribution in [-0.2, 0) is 0 Å². The van der Waals surface area contributed by atoms with Crippen LogP contribution in [0.4, 0.5) is 5.69 Å². The summed E-state index contributed by atoms with van der Waals surface area (Å²) < 4.78 is 0. The highest BCUT2D eigenvalue weighted by atomic mass is 16.6. The third kappa shape index (κ3) is 2.73. The predicted octanol–water partition coefficient (Wildman–Crippen LogP) is 1.86. The first-order valence-corrected chi connectivity index (χ1v) is 4.84. The lowest BCUT2D eigenvalue weighted by atomic mass is 9.98. The highest BCUT2D eigenvalue weighted by Crippen LogP contribution is 2.20. The molecule has 0 spiro atoms. The summed E-state index contributed by atoms with van der Waals surface area (Å²) >= 11 is 0. The van der Waals surface area contributed by atoms with Crippen LogP contribution < -0.4 is 0 Å². The number of hydrogen-bond acceptors (Lipinski definition) is 4. The van der Waals surface area contributed by atoms with Gasteiger partial charge in [0, 0.05) is 17.7 Å². The van der Waals surface area contributed by atoms with Gasteiger partial charge >= 0.3 is 0 Å². The van der Waals surface area contributed by atoms with E-state index in [1.807, 2.05) is 13.8 Å². The molecule has 1 rings (SSSR count). The molecule has 0 saturated carbocycles. The van der Waals surface area contributed by atoms with E-state index >= 15 is 0 Å². The highest BCUT2D eigenvalue weighted by Gasteiger charge is 2.16. The molecule has 0 aliphatic heterocycles. The fraction of sp³-hybridized carbons (Fsp3) is 0.500. The largest absolute Gasteiger partial charge is 0.392 e. The first kappa shape index (κ1) is 11.6. The number of nitrogens with zero attached hydrogens (tertiary/aromatic N) is 2. The smallest absolute Gasteiger partial charge is 0.287 e. The van der Waals surface area contributed by atoms with Crippen molar-refractivity contribution in [3.63, 3.8) is 0 Å². The van der Waals surface area contributed by atoms with Gasteiger partial charge in [-0.15, -0.1) is 0 Å². The minimum Gasteiger partial charge on any atom is -0.392 e. The minimum atomic E-state index is -0.488. The van der Waals surface area contributed by atoms with Crippen molar-refractivity contribution in [2.75, 3.05) is 0 Å². The number of aromatic nitrogens is 1. The van der Waals surface area contributed by atoms with Gasteiger partial charge in [0.15, 0.2) is 0 Å². The number of hydrogen-bond donors (Lipinski definition) is 1. The van der Waals surface area contributed by atoms with Gasteiger partial charge in [0.2, 0.25) is 0 Å². The molecule has 5 heteroatoms. The minimum absolute atomic E-state index is 0.0306. The van der Waals surface area contributed by atoms with Crippen LogP contribution in [0, 0.1) is 10.1 Å². The summed E-state index contributed by atoms with van der Waals surface area (Å²) in [6.45, 7) is 3.73. The Kier molecular flexibility index (Phi) is 3.74. The summed E-state index contributed by atoms with van der Waals surface area (Å²) in [4.78, 5) is 13.9. The molecule has 15 heavy (non-hydrogen) atoms. The van der Waals surface area contributed by atoms with E-state index in [0.29, 0.717) is 12.1 Å². The average molecular weight is 210 g/mol. The number of pyridine rings is 1. The van der Waals surface area contributed by atoms with Crippen molar-refractivity contribution < 1.29 is 10.0 Å². The Bertz CT molecular complexity index is 337. The van der Waals surface area contributed by atoms with E-state index in [-0.39, 0.29) is 11.6 Å². The second-order valence-electron chi connectivity index (χ2n) is 3.46. The lowest BCUT2D eigenvalue weighted by Crippen LogP contribution is -2.15. The van der Waals surface area contributed by atoms with Crippen molar-refractivity contribution >= 4 is 5.69 Å². The maximum atomic E-state index is 10.4. The van der Waals surface area contributed by atoms with Crippen LogP contribution in [0.1, 0.15) is 31.9 Å². The van der Waals surface area contributed by atoms with E-state index in [9.17, 15) is 15.2 Å². The third-order valence-electron chi connectivity index (χ3n) is 2.44. The zero-order valence-corrected chi connectivity index (χ0v) is 8.75. The average Bonchev–Trinajstić information content (AvgIpc) is 2.27. The lowest BCUT2D eigenvalue weighted by molar-refractivity contribution is -0.385. The second-order valence-corrected chi connectivity index (χ2v) is 3.46. The number of aliphatic hydroxyl groups is 1. The summed E-state index contributed by atoms with van der Waals surface area (Å²) in [5.74, 6) is -0.101. The molecule has 1 aromatic rings. The van der Waals surface area contributed by atoms with Crippen LogP contribution in [0.5, 0.6) is 0 Å². The Labute approximate surface area is 87.9 Å². The summed E-state index contributed by atoms with van der Waals surface area (Å²) in [6.07, 6.45) is 1.40. The summed E-state index contributed by atoms with van der Waals surface area (Å²) in [5, 5.41) is 20.0. The Hall–Kier alpha value is -1.49. The Morgan fingerprint density at radius 2 is 2.27 bits per heavy atom. The molecule has 1 heterocycles. The van der Waals surface area contributed by atoms with Crippen LogP contribution in [-0.4, -0.2) is 21.1 Å². The molecule has 0 saturated heterocycles. The van der Waals surface area contributed by atoms with Gasteiger partial charge < -0.3 is 5.11 Å². The molecular weight excluding hydrogens is 196 g/mol. The number of nitro groups is 1. The molecule has 0 aliphatic rings. The van der Waals surface area contributed by atoms with E-state index in [1.54, 1.807) is 6.07 Å². The van der Waals surface area contributed by atoms with Crippen LogP contribution in [0.2, 0.25) is 0 Å². The predicted molar refractivity (Wildman–Crippen MR) is 55.6 cm³/mol. The quantitative estimate of drug-likeness (QED) is 0.608.